The van der Waals surface area contributed by atoms with Gasteiger partial charge in [0.05, 0.1) is 0 Å². The number of halogens is 1. The molecule has 1 aromatic carbocycles. The van der Waals surface area contributed by atoms with Gasteiger partial charge in [-0.1, -0.05) is 18.2 Å². The molecule has 6 heteroatoms. The van der Waals surface area contributed by atoms with Gasteiger partial charge in [-0.2, -0.15) is 0 Å². The molecular formula is C20H26FN5. The second-order valence-electron chi connectivity index (χ2n) is 7.15. The maximum Gasteiger partial charge on any atom is 0.151 e. The van der Waals surface area contributed by atoms with E-state index in [1.165, 1.54) is 25.3 Å². The van der Waals surface area contributed by atoms with Gasteiger partial charge in [-0.3, -0.25) is 4.90 Å². The largest absolute Gasteiger partial charge is 0.355 e. The standard InChI is InChI=1S/C20H26FN5/c21-18-7-3-2-6-17(18)16-24-12-14-26(15-13-24)20-9-8-19(22-23-20)25-10-4-1-5-11-25/h2-3,6-9H,1,4-5,10-16H2. The van der Waals surface area contributed by atoms with Crippen LogP contribution in [0, 0.1) is 5.82 Å². The maximum absolute atomic E-state index is 13.8. The molecule has 2 saturated heterocycles. The third-order valence-corrected chi connectivity index (χ3v) is 5.36. The topological polar surface area (TPSA) is 35.5 Å². The molecule has 0 spiro atoms. The molecule has 2 aliphatic rings. The van der Waals surface area contributed by atoms with Crippen LogP contribution < -0.4 is 9.80 Å². The van der Waals surface area contributed by atoms with Crippen molar-refractivity contribution in [2.24, 2.45) is 0 Å². The van der Waals surface area contributed by atoms with E-state index in [0.29, 0.717) is 6.54 Å². The number of piperazine rings is 1. The molecule has 2 aromatic rings. The van der Waals surface area contributed by atoms with Crippen LogP contribution in [0.2, 0.25) is 0 Å². The maximum atomic E-state index is 13.8. The first-order valence-corrected chi connectivity index (χ1v) is 9.59. The van der Waals surface area contributed by atoms with E-state index in [-0.39, 0.29) is 5.82 Å². The van der Waals surface area contributed by atoms with Crippen LogP contribution in [-0.2, 0) is 6.54 Å². The lowest BCUT2D eigenvalue weighted by Gasteiger charge is -2.35. The molecule has 4 rings (SSSR count). The summed E-state index contributed by atoms with van der Waals surface area (Å²) in [4.78, 5) is 6.89. The lowest BCUT2D eigenvalue weighted by molar-refractivity contribution is 0.246. The Labute approximate surface area is 154 Å². The highest BCUT2D eigenvalue weighted by Gasteiger charge is 2.20. The third kappa shape index (κ3) is 3.96. The molecule has 0 radical (unpaired) electrons. The fourth-order valence-corrected chi connectivity index (χ4v) is 3.78. The minimum Gasteiger partial charge on any atom is -0.355 e. The first kappa shape index (κ1) is 17.2. The first-order chi connectivity index (χ1) is 12.8. The van der Waals surface area contributed by atoms with Gasteiger partial charge >= 0.3 is 0 Å². The fraction of sp³-hybridized carbons (Fsp3) is 0.500. The van der Waals surface area contributed by atoms with Crippen LogP contribution >= 0.6 is 0 Å². The highest BCUT2D eigenvalue weighted by Crippen LogP contribution is 2.20. The first-order valence-electron chi connectivity index (χ1n) is 9.59. The van der Waals surface area contributed by atoms with Gasteiger partial charge in [0.2, 0.25) is 0 Å². The average Bonchev–Trinajstić information content (AvgIpc) is 2.71. The third-order valence-electron chi connectivity index (χ3n) is 5.36. The van der Waals surface area contributed by atoms with Gasteiger partial charge in [0.1, 0.15) is 5.82 Å². The summed E-state index contributed by atoms with van der Waals surface area (Å²) < 4.78 is 13.8. The molecule has 0 aliphatic carbocycles. The van der Waals surface area contributed by atoms with Crippen molar-refractivity contribution in [1.29, 1.82) is 0 Å². The monoisotopic (exact) mass is 355 g/mol. The Morgan fingerprint density at radius 3 is 1.96 bits per heavy atom. The van der Waals surface area contributed by atoms with Gasteiger partial charge in [-0.25, -0.2) is 4.39 Å². The van der Waals surface area contributed by atoms with Gasteiger partial charge in [0.15, 0.2) is 11.6 Å². The van der Waals surface area contributed by atoms with Crippen molar-refractivity contribution >= 4 is 11.6 Å². The SMILES string of the molecule is Fc1ccccc1CN1CCN(c2ccc(N3CCCCC3)nn2)CC1. The Kier molecular flexibility index (Phi) is 5.29. The van der Waals surface area contributed by atoms with Crippen molar-refractivity contribution in [3.63, 3.8) is 0 Å². The van der Waals surface area contributed by atoms with Crippen LogP contribution in [0.25, 0.3) is 0 Å². The summed E-state index contributed by atoms with van der Waals surface area (Å²) in [5.41, 5.74) is 0.770. The molecule has 2 fully saturated rings. The number of anilines is 2. The molecule has 2 aliphatic heterocycles. The second kappa shape index (κ2) is 7.99. The van der Waals surface area contributed by atoms with E-state index in [1.54, 1.807) is 6.07 Å². The highest BCUT2D eigenvalue weighted by atomic mass is 19.1. The molecule has 3 heterocycles. The molecule has 26 heavy (non-hydrogen) atoms. The average molecular weight is 355 g/mol. The zero-order valence-corrected chi connectivity index (χ0v) is 15.1. The van der Waals surface area contributed by atoms with Crippen LogP contribution in [0.15, 0.2) is 36.4 Å². The summed E-state index contributed by atoms with van der Waals surface area (Å²) in [6.45, 7) is 6.44. The molecule has 1 aromatic heterocycles. The summed E-state index contributed by atoms with van der Waals surface area (Å²) in [6, 6.07) is 11.2. The zero-order valence-electron chi connectivity index (χ0n) is 15.1. The lowest BCUT2D eigenvalue weighted by atomic mass is 10.1. The number of hydrogen-bond acceptors (Lipinski definition) is 5. The second-order valence-corrected chi connectivity index (χ2v) is 7.15. The van der Waals surface area contributed by atoms with Crippen molar-refractivity contribution < 1.29 is 4.39 Å². The molecule has 0 bridgehead atoms. The molecule has 0 atom stereocenters. The molecule has 0 amide bonds. The Hall–Kier alpha value is -2.21. The number of aromatic nitrogens is 2. The Balaban J connectivity index is 1.32. The number of benzene rings is 1. The molecule has 0 unspecified atom stereocenters. The fourth-order valence-electron chi connectivity index (χ4n) is 3.78. The van der Waals surface area contributed by atoms with E-state index in [2.05, 4.69) is 37.0 Å². The van der Waals surface area contributed by atoms with Gasteiger partial charge in [-0.05, 0) is 37.5 Å². The number of piperidine rings is 1. The van der Waals surface area contributed by atoms with E-state index in [1.807, 2.05) is 12.1 Å². The molecule has 138 valence electrons. The predicted octanol–water partition coefficient (Wildman–Crippen LogP) is 2.93. The minimum absolute atomic E-state index is 0.117. The summed E-state index contributed by atoms with van der Waals surface area (Å²) in [5, 5.41) is 8.90. The summed E-state index contributed by atoms with van der Waals surface area (Å²) in [7, 11) is 0. The van der Waals surface area contributed by atoms with E-state index >= 15 is 0 Å². The summed E-state index contributed by atoms with van der Waals surface area (Å²) in [5.74, 6) is 1.82. The van der Waals surface area contributed by atoms with Crippen molar-refractivity contribution in [1.82, 2.24) is 15.1 Å². The Bertz CT molecular complexity index is 706. The molecule has 5 nitrogen and oxygen atoms in total. The molecule has 0 saturated carbocycles. The van der Waals surface area contributed by atoms with Crippen LogP contribution in [-0.4, -0.2) is 54.4 Å². The minimum atomic E-state index is -0.117. The zero-order chi connectivity index (χ0) is 17.8. The highest BCUT2D eigenvalue weighted by molar-refractivity contribution is 5.45. The number of rotatable bonds is 4. The molecule has 0 N–H and O–H groups in total. The van der Waals surface area contributed by atoms with Gasteiger partial charge < -0.3 is 9.80 Å². The van der Waals surface area contributed by atoms with Crippen LogP contribution in [0.3, 0.4) is 0 Å². The smallest absolute Gasteiger partial charge is 0.151 e. The molecular weight excluding hydrogens is 329 g/mol. The van der Waals surface area contributed by atoms with E-state index < -0.39 is 0 Å². The quantitative estimate of drug-likeness (QED) is 0.843. The normalized spacial score (nSPS) is 19.0. The predicted molar refractivity (Wildman–Crippen MR) is 102 cm³/mol. The van der Waals surface area contributed by atoms with Gasteiger partial charge in [0, 0.05) is 51.4 Å². The number of hydrogen-bond donors (Lipinski definition) is 0. The van der Waals surface area contributed by atoms with E-state index in [9.17, 15) is 4.39 Å². The van der Waals surface area contributed by atoms with Crippen molar-refractivity contribution in [2.45, 2.75) is 25.8 Å². The van der Waals surface area contributed by atoms with Crippen LogP contribution in [0.1, 0.15) is 24.8 Å². The van der Waals surface area contributed by atoms with Crippen LogP contribution in [0.5, 0.6) is 0 Å². The lowest BCUT2D eigenvalue weighted by Crippen LogP contribution is -2.46. The van der Waals surface area contributed by atoms with Crippen molar-refractivity contribution in [2.75, 3.05) is 49.1 Å². The van der Waals surface area contributed by atoms with E-state index in [4.69, 9.17) is 0 Å². The Morgan fingerprint density at radius 2 is 1.35 bits per heavy atom. The Morgan fingerprint density at radius 1 is 0.731 bits per heavy atom. The number of nitrogens with zero attached hydrogens (tertiary/aromatic N) is 5. The van der Waals surface area contributed by atoms with Crippen molar-refractivity contribution in [3.8, 4) is 0 Å². The van der Waals surface area contributed by atoms with Gasteiger partial charge in [0.25, 0.3) is 0 Å². The summed E-state index contributed by atoms with van der Waals surface area (Å²) in [6.07, 6.45) is 3.81. The van der Waals surface area contributed by atoms with Gasteiger partial charge in [-0.15, -0.1) is 10.2 Å². The summed E-state index contributed by atoms with van der Waals surface area (Å²) >= 11 is 0. The van der Waals surface area contributed by atoms with Crippen molar-refractivity contribution in [3.05, 3.63) is 47.8 Å². The van der Waals surface area contributed by atoms with Crippen LogP contribution in [0.4, 0.5) is 16.0 Å². The van der Waals surface area contributed by atoms with E-state index in [0.717, 1.165) is 56.5 Å².